The molecule has 1 aliphatic carbocycles. The van der Waals surface area contributed by atoms with Crippen molar-refractivity contribution in [3.63, 3.8) is 0 Å². The number of hydrogen-bond acceptors (Lipinski definition) is 5. The van der Waals surface area contributed by atoms with E-state index in [1.54, 1.807) is 12.1 Å². The van der Waals surface area contributed by atoms with Gasteiger partial charge in [-0.05, 0) is 55.5 Å². The number of hydrogen-bond donors (Lipinski definition) is 1. The number of nitrogens with one attached hydrogen (secondary N) is 1. The fraction of sp³-hybridized carbons (Fsp3) is 0.375. The van der Waals surface area contributed by atoms with Crippen LogP contribution in [0.5, 0.6) is 11.5 Å². The van der Waals surface area contributed by atoms with Gasteiger partial charge in [-0.2, -0.15) is 0 Å². The number of imide groups is 1. The summed E-state index contributed by atoms with van der Waals surface area (Å²) in [5, 5.41) is 3.10. The molecule has 0 bridgehead atoms. The number of aryl methyl sites for hydroxylation is 1. The van der Waals surface area contributed by atoms with Gasteiger partial charge < -0.3 is 14.8 Å². The van der Waals surface area contributed by atoms with E-state index in [-0.39, 0.29) is 36.7 Å². The van der Waals surface area contributed by atoms with Crippen LogP contribution in [-0.2, 0) is 4.79 Å². The highest BCUT2D eigenvalue weighted by Crippen LogP contribution is 2.43. The fourth-order valence-electron chi connectivity index (χ4n) is 4.22. The molecule has 31 heavy (non-hydrogen) atoms. The van der Waals surface area contributed by atoms with Gasteiger partial charge in [0.15, 0.2) is 11.5 Å². The van der Waals surface area contributed by atoms with Crippen molar-refractivity contribution >= 4 is 17.7 Å². The molecule has 1 atom stereocenters. The zero-order valence-electron chi connectivity index (χ0n) is 17.3. The minimum absolute atomic E-state index is 0.0652. The lowest BCUT2D eigenvalue weighted by Crippen LogP contribution is -2.36. The minimum atomic E-state index is -0.335. The van der Waals surface area contributed by atoms with Crippen molar-refractivity contribution in [2.24, 2.45) is 5.92 Å². The third kappa shape index (κ3) is 3.76. The predicted molar refractivity (Wildman–Crippen MR) is 112 cm³/mol. The van der Waals surface area contributed by atoms with Crippen LogP contribution in [0.25, 0.3) is 0 Å². The average molecular weight is 420 g/mol. The largest absolute Gasteiger partial charge is 0.486 e. The summed E-state index contributed by atoms with van der Waals surface area (Å²) in [5.74, 6) is 0.954. The van der Waals surface area contributed by atoms with Gasteiger partial charge in [-0.1, -0.05) is 17.7 Å². The lowest BCUT2D eigenvalue weighted by atomic mass is 10.0. The summed E-state index contributed by atoms with van der Waals surface area (Å²) in [6.07, 6.45) is 2.17. The molecule has 0 spiro atoms. The molecule has 2 aliphatic heterocycles. The van der Waals surface area contributed by atoms with Gasteiger partial charge in [-0.15, -0.1) is 0 Å². The summed E-state index contributed by atoms with van der Waals surface area (Å²) in [6.45, 7) is 2.99. The van der Waals surface area contributed by atoms with Crippen LogP contribution in [0.1, 0.15) is 57.1 Å². The molecule has 2 heterocycles. The number of nitrogens with zero attached hydrogens (tertiary/aromatic N) is 1. The first kappa shape index (κ1) is 19.6. The average Bonchev–Trinajstić information content (AvgIpc) is 3.58. The van der Waals surface area contributed by atoms with E-state index in [0.29, 0.717) is 36.0 Å². The molecule has 1 saturated carbocycles. The number of benzene rings is 2. The van der Waals surface area contributed by atoms with Gasteiger partial charge in [0.1, 0.15) is 13.2 Å². The van der Waals surface area contributed by atoms with Gasteiger partial charge in [0.05, 0.1) is 17.2 Å². The molecule has 3 aliphatic rings. The second-order valence-electron chi connectivity index (χ2n) is 8.35. The molecule has 3 amide bonds. The van der Waals surface area contributed by atoms with Crippen molar-refractivity contribution in [3.8, 4) is 11.5 Å². The van der Waals surface area contributed by atoms with Crippen LogP contribution in [0, 0.1) is 12.8 Å². The van der Waals surface area contributed by atoms with Gasteiger partial charge in [-0.3, -0.25) is 19.3 Å². The van der Waals surface area contributed by atoms with Gasteiger partial charge in [0.2, 0.25) is 5.91 Å². The van der Waals surface area contributed by atoms with Crippen LogP contribution in [-0.4, -0.2) is 42.4 Å². The van der Waals surface area contributed by atoms with E-state index >= 15 is 0 Å². The Morgan fingerprint density at radius 3 is 2.55 bits per heavy atom. The Bertz CT molecular complexity index is 1080. The number of carbonyl (C=O) groups is 3. The minimum Gasteiger partial charge on any atom is -0.486 e. The van der Waals surface area contributed by atoms with Crippen LogP contribution in [0.4, 0.5) is 0 Å². The maximum absolute atomic E-state index is 12.7. The van der Waals surface area contributed by atoms with E-state index < -0.39 is 0 Å². The predicted octanol–water partition coefficient (Wildman–Crippen LogP) is 3.02. The van der Waals surface area contributed by atoms with Gasteiger partial charge in [0, 0.05) is 13.0 Å². The van der Waals surface area contributed by atoms with Crippen molar-refractivity contribution in [3.05, 3.63) is 58.7 Å². The first-order chi connectivity index (χ1) is 15.0. The Hall–Kier alpha value is -3.35. The van der Waals surface area contributed by atoms with Crippen LogP contribution < -0.4 is 14.8 Å². The monoisotopic (exact) mass is 420 g/mol. The molecule has 2 aromatic carbocycles. The molecular formula is C24H24N2O5. The fourth-order valence-corrected chi connectivity index (χ4v) is 4.22. The van der Waals surface area contributed by atoms with Crippen molar-refractivity contribution in [2.75, 3.05) is 19.8 Å². The Kier molecular flexibility index (Phi) is 4.88. The molecule has 0 saturated heterocycles. The van der Waals surface area contributed by atoms with Crippen LogP contribution in [0.15, 0.2) is 36.4 Å². The van der Waals surface area contributed by atoms with Gasteiger partial charge >= 0.3 is 0 Å². The summed E-state index contributed by atoms with van der Waals surface area (Å²) in [7, 11) is 0. The highest BCUT2D eigenvalue weighted by atomic mass is 16.6. The Morgan fingerprint density at radius 2 is 1.77 bits per heavy atom. The summed E-state index contributed by atoms with van der Waals surface area (Å²) in [6, 6.07) is 10.9. The Balaban J connectivity index is 1.25. The molecule has 7 nitrogen and oxygen atoms in total. The summed E-state index contributed by atoms with van der Waals surface area (Å²) >= 11 is 0. The van der Waals surface area contributed by atoms with E-state index in [1.165, 1.54) is 4.90 Å². The number of amides is 3. The lowest BCUT2D eigenvalue weighted by molar-refractivity contribution is -0.122. The second-order valence-corrected chi connectivity index (χ2v) is 8.35. The molecule has 0 aromatic heterocycles. The SMILES string of the molecule is Cc1ccc2c(c1)C(=O)N(CCC(=O)NC(c1ccc3c(c1)OCCO3)C1CC1)C2=O. The highest BCUT2D eigenvalue weighted by Gasteiger charge is 2.37. The maximum Gasteiger partial charge on any atom is 0.261 e. The van der Waals surface area contributed by atoms with Crippen molar-refractivity contribution < 1.29 is 23.9 Å². The number of carbonyl (C=O) groups excluding carboxylic acids is 3. The molecular weight excluding hydrogens is 396 g/mol. The van der Waals surface area contributed by atoms with Gasteiger partial charge in [-0.25, -0.2) is 0 Å². The van der Waals surface area contributed by atoms with Crippen molar-refractivity contribution in [1.29, 1.82) is 0 Å². The summed E-state index contributed by atoms with van der Waals surface area (Å²) < 4.78 is 11.3. The zero-order chi connectivity index (χ0) is 21.5. The molecule has 0 radical (unpaired) electrons. The maximum atomic E-state index is 12.7. The third-order valence-corrected chi connectivity index (χ3v) is 6.02. The normalized spacial score (nSPS) is 18.0. The second kappa shape index (κ2) is 7.72. The van der Waals surface area contributed by atoms with Crippen molar-refractivity contribution in [2.45, 2.75) is 32.2 Å². The van der Waals surface area contributed by atoms with E-state index in [4.69, 9.17) is 9.47 Å². The van der Waals surface area contributed by atoms with Crippen molar-refractivity contribution in [1.82, 2.24) is 10.2 Å². The van der Waals surface area contributed by atoms with E-state index in [2.05, 4.69) is 5.32 Å². The Morgan fingerprint density at radius 1 is 1.03 bits per heavy atom. The molecule has 5 rings (SSSR count). The van der Waals surface area contributed by atoms with Gasteiger partial charge in [0.25, 0.3) is 11.8 Å². The molecule has 1 unspecified atom stereocenters. The van der Waals surface area contributed by atoms with Crippen LogP contribution >= 0.6 is 0 Å². The highest BCUT2D eigenvalue weighted by molar-refractivity contribution is 6.21. The number of rotatable bonds is 6. The Labute approximate surface area is 180 Å². The zero-order valence-corrected chi connectivity index (χ0v) is 17.3. The molecule has 1 fully saturated rings. The number of fused-ring (bicyclic) bond motifs is 2. The van der Waals surface area contributed by atoms with E-state index in [1.807, 2.05) is 31.2 Å². The first-order valence-electron chi connectivity index (χ1n) is 10.7. The van der Waals surface area contributed by atoms with E-state index in [9.17, 15) is 14.4 Å². The molecule has 2 aromatic rings. The summed E-state index contributed by atoms with van der Waals surface area (Å²) in [4.78, 5) is 39.1. The topological polar surface area (TPSA) is 84.9 Å². The molecule has 160 valence electrons. The third-order valence-electron chi connectivity index (χ3n) is 6.02. The smallest absolute Gasteiger partial charge is 0.261 e. The quantitative estimate of drug-likeness (QED) is 0.726. The standard InChI is InChI=1S/C24H24N2O5/c1-14-2-6-17-18(12-14)24(29)26(23(17)28)9-8-21(27)25-22(15-3-4-15)16-5-7-19-20(13-16)31-11-10-30-19/h2,5-7,12-13,15,22H,3-4,8-11H2,1H3,(H,25,27). The van der Waals surface area contributed by atoms with Crippen LogP contribution in [0.2, 0.25) is 0 Å². The lowest BCUT2D eigenvalue weighted by Gasteiger charge is -2.23. The molecule has 1 N–H and O–H groups in total. The van der Waals surface area contributed by atoms with E-state index in [0.717, 1.165) is 29.7 Å². The number of ether oxygens (including phenoxy) is 2. The summed E-state index contributed by atoms with van der Waals surface area (Å²) in [5.41, 5.74) is 2.73. The van der Waals surface area contributed by atoms with Crippen LogP contribution in [0.3, 0.4) is 0 Å². The molecule has 7 heteroatoms. The first-order valence-corrected chi connectivity index (χ1v) is 10.7.